The highest BCUT2D eigenvalue weighted by molar-refractivity contribution is 6.01. The molecule has 1 aliphatic rings. The van der Waals surface area contributed by atoms with Gasteiger partial charge in [-0.1, -0.05) is 6.08 Å². The number of nitrogens with one attached hydrogen (secondary N) is 3. The Balaban J connectivity index is 2.10. The number of aromatic nitrogens is 2. The minimum atomic E-state index is -0.366. The molecule has 1 aliphatic carbocycles. The van der Waals surface area contributed by atoms with E-state index in [9.17, 15) is 9.59 Å². The van der Waals surface area contributed by atoms with Gasteiger partial charge in [0.2, 0.25) is 5.91 Å². The second-order valence-corrected chi connectivity index (χ2v) is 6.28. The molecule has 1 aromatic rings. The van der Waals surface area contributed by atoms with E-state index in [2.05, 4.69) is 25.9 Å². The van der Waals surface area contributed by atoms with Gasteiger partial charge in [0.1, 0.15) is 12.1 Å². The molecule has 3 N–H and O–H groups in total. The molecule has 128 valence electrons. The maximum absolute atomic E-state index is 12.4. The van der Waals surface area contributed by atoms with E-state index in [4.69, 9.17) is 0 Å². The molecule has 0 bridgehead atoms. The van der Waals surface area contributed by atoms with Crippen molar-refractivity contribution >= 4 is 17.5 Å². The lowest BCUT2D eigenvalue weighted by atomic mass is 10.0. The first-order chi connectivity index (χ1) is 11.4. The zero-order valence-corrected chi connectivity index (χ0v) is 14.2. The Hall–Kier alpha value is -2.54. The van der Waals surface area contributed by atoms with Gasteiger partial charge >= 0.3 is 0 Å². The number of allylic oxidation sites excluding steroid dienone is 3. The first kappa shape index (κ1) is 17.8. The van der Waals surface area contributed by atoms with Crippen molar-refractivity contribution < 1.29 is 9.59 Å². The van der Waals surface area contributed by atoms with Crippen LogP contribution in [-0.4, -0.2) is 40.8 Å². The van der Waals surface area contributed by atoms with Crippen LogP contribution >= 0.6 is 0 Å². The van der Waals surface area contributed by atoms with Crippen molar-refractivity contribution in [3.63, 3.8) is 0 Å². The first-order valence-electron chi connectivity index (χ1n) is 7.85. The van der Waals surface area contributed by atoms with Crippen molar-refractivity contribution in [3.8, 4) is 0 Å². The van der Waals surface area contributed by atoms with Gasteiger partial charge in [0.25, 0.3) is 0 Å². The van der Waals surface area contributed by atoms with E-state index in [1.54, 1.807) is 24.4 Å². The number of rotatable bonds is 6. The second-order valence-electron chi connectivity index (χ2n) is 6.28. The van der Waals surface area contributed by atoms with E-state index in [0.717, 1.165) is 0 Å². The number of anilines is 1. The molecular formula is C17H23N5O2. The molecule has 2 rings (SSSR count). The third kappa shape index (κ3) is 4.99. The SMILES string of the molecule is CNCC(C)(C)NC(=O)C1=CC=C(Nc2ccncn2)C(=O)CC1. The number of ketones is 1. The Labute approximate surface area is 141 Å². The van der Waals surface area contributed by atoms with Crippen LogP contribution in [0.2, 0.25) is 0 Å². The monoisotopic (exact) mass is 329 g/mol. The van der Waals surface area contributed by atoms with E-state index in [0.29, 0.717) is 30.1 Å². The van der Waals surface area contributed by atoms with E-state index >= 15 is 0 Å². The fraction of sp³-hybridized carbons (Fsp3) is 0.412. The molecule has 0 aromatic carbocycles. The highest BCUT2D eigenvalue weighted by Gasteiger charge is 2.23. The average molecular weight is 329 g/mol. The Kier molecular flexibility index (Phi) is 5.81. The molecule has 0 spiro atoms. The van der Waals surface area contributed by atoms with Crippen molar-refractivity contribution in [3.05, 3.63) is 42.0 Å². The molecule has 7 nitrogen and oxygen atoms in total. The zero-order chi connectivity index (χ0) is 17.6. The number of hydrogen-bond donors (Lipinski definition) is 3. The maximum atomic E-state index is 12.4. The van der Waals surface area contributed by atoms with Crippen molar-refractivity contribution in [1.82, 2.24) is 20.6 Å². The highest BCUT2D eigenvalue weighted by atomic mass is 16.2. The topological polar surface area (TPSA) is 96.0 Å². The van der Waals surface area contributed by atoms with Crippen LogP contribution in [0.15, 0.2) is 42.0 Å². The molecule has 0 saturated heterocycles. The number of amides is 1. The largest absolute Gasteiger partial charge is 0.346 e. The minimum absolute atomic E-state index is 0.0536. The van der Waals surface area contributed by atoms with Gasteiger partial charge in [-0.2, -0.15) is 0 Å². The number of carbonyl (C=O) groups excluding carboxylic acids is 2. The third-order valence-electron chi connectivity index (χ3n) is 3.58. The fourth-order valence-electron chi connectivity index (χ4n) is 2.42. The predicted molar refractivity (Wildman–Crippen MR) is 92.2 cm³/mol. The summed E-state index contributed by atoms with van der Waals surface area (Å²) in [5.41, 5.74) is 0.646. The lowest BCUT2D eigenvalue weighted by molar-refractivity contribution is -0.119. The van der Waals surface area contributed by atoms with Crippen molar-refractivity contribution in [2.45, 2.75) is 32.2 Å². The molecule has 1 amide bonds. The third-order valence-corrected chi connectivity index (χ3v) is 3.58. The van der Waals surface area contributed by atoms with Gasteiger partial charge in [-0.25, -0.2) is 9.97 Å². The van der Waals surface area contributed by atoms with E-state index in [1.807, 2.05) is 20.9 Å². The standard InChI is InChI=1S/C17H23N5O2/c1-17(2,10-18-3)22-16(24)12-4-6-13(14(23)7-5-12)21-15-8-9-19-11-20-15/h4,6,8-9,11,18H,5,7,10H2,1-3H3,(H,22,24)(H,19,20,21). The summed E-state index contributed by atoms with van der Waals surface area (Å²) >= 11 is 0. The molecular weight excluding hydrogens is 306 g/mol. The van der Waals surface area contributed by atoms with Crippen molar-refractivity contribution in [2.24, 2.45) is 0 Å². The Morgan fingerprint density at radius 3 is 2.75 bits per heavy atom. The molecule has 0 saturated carbocycles. The van der Waals surface area contributed by atoms with Crippen molar-refractivity contribution in [2.75, 3.05) is 18.9 Å². The summed E-state index contributed by atoms with van der Waals surface area (Å²) in [6.07, 6.45) is 7.01. The van der Waals surface area contributed by atoms with Crippen LogP contribution < -0.4 is 16.0 Å². The Morgan fingerprint density at radius 1 is 1.29 bits per heavy atom. The van der Waals surface area contributed by atoms with Crippen LogP contribution in [0.1, 0.15) is 26.7 Å². The first-order valence-corrected chi connectivity index (χ1v) is 7.85. The molecule has 24 heavy (non-hydrogen) atoms. The van der Waals surface area contributed by atoms with E-state index in [-0.39, 0.29) is 23.7 Å². The summed E-state index contributed by atoms with van der Waals surface area (Å²) in [6.45, 7) is 4.55. The zero-order valence-electron chi connectivity index (χ0n) is 14.2. The minimum Gasteiger partial charge on any atom is -0.346 e. The molecule has 0 unspecified atom stereocenters. The lowest BCUT2D eigenvalue weighted by Crippen LogP contribution is -2.50. The van der Waals surface area contributed by atoms with Crippen molar-refractivity contribution in [1.29, 1.82) is 0 Å². The summed E-state index contributed by atoms with van der Waals surface area (Å²) in [5.74, 6) is 0.339. The van der Waals surface area contributed by atoms with Crippen LogP contribution in [0.3, 0.4) is 0 Å². The smallest absolute Gasteiger partial charge is 0.247 e. The lowest BCUT2D eigenvalue weighted by Gasteiger charge is -2.26. The highest BCUT2D eigenvalue weighted by Crippen LogP contribution is 2.17. The number of hydrogen-bond acceptors (Lipinski definition) is 6. The number of carbonyl (C=O) groups is 2. The molecule has 0 atom stereocenters. The van der Waals surface area contributed by atoms with Crippen LogP contribution in [0.25, 0.3) is 0 Å². The Bertz CT molecular complexity index is 665. The Morgan fingerprint density at radius 2 is 2.08 bits per heavy atom. The predicted octanol–water partition coefficient (Wildman–Crippen LogP) is 1.18. The summed E-state index contributed by atoms with van der Waals surface area (Å²) in [5, 5.41) is 9.00. The summed E-state index contributed by atoms with van der Waals surface area (Å²) < 4.78 is 0. The fourth-order valence-corrected chi connectivity index (χ4v) is 2.42. The summed E-state index contributed by atoms with van der Waals surface area (Å²) in [7, 11) is 1.84. The van der Waals surface area contributed by atoms with Gasteiger partial charge < -0.3 is 16.0 Å². The normalized spacial score (nSPS) is 15.2. The molecule has 1 heterocycles. The number of likely N-dealkylation sites (N-methyl/N-ethyl adjacent to an activating group) is 1. The second kappa shape index (κ2) is 7.83. The van der Waals surface area contributed by atoms with Gasteiger partial charge in [0, 0.05) is 30.3 Å². The summed E-state index contributed by atoms with van der Waals surface area (Å²) in [6, 6.07) is 1.68. The van der Waals surface area contributed by atoms with Crippen LogP contribution in [-0.2, 0) is 9.59 Å². The molecule has 0 radical (unpaired) electrons. The number of Topliss-reactive ketones (excluding diaryl/α,β-unsaturated/α-hetero) is 1. The maximum Gasteiger partial charge on any atom is 0.247 e. The van der Waals surface area contributed by atoms with E-state index < -0.39 is 0 Å². The molecule has 0 aliphatic heterocycles. The molecule has 7 heteroatoms. The molecule has 0 fully saturated rings. The van der Waals surface area contributed by atoms with Gasteiger partial charge in [-0.15, -0.1) is 0 Å². The van der Waals surface area contributed by atoms with Crippen LogP contribution in [0.4, 0.5) is 5.82 Å². The van der Waals surface area contributed by atoms with Gasteiger partial charge in [0.15, 0.2) is 5.78 Å². The number of nitrogens with zero attached hydrogens (tertiary/aromatic N) is 2. The quantitative estimate of drug-likeness (QED) is 0.725. The average Bonchev–Trinajstić information content (AvgIpc) is 2.70. The molecule has 1 aromatic heterocycles. The van der Waals surface area contributed by atoms with Gasteiger partial charge in [-0.3, -0.25) is 9.59 Å². The van der Waals surface area contributed by atoms with Crippen LogP contribution in [0.5, 0.6) is 0 Å². The summed E-state index contributed by atoms with van der Waals surface area (Å²) in [4.78, 5) is 32.5. The van der Waals surface area contributed by atoms with Crippen LogP contribution in [0, 0.1) is 0 Å². The van der Waals surface area contributed by atoms with Gasteiger partial charge in [0.05, 0.1) is 5.70 Å². The van der Waals surface area contributed by atoms with E-state index in [1.165, 1.54) is 6.33 Å². The van der Waals surface area contributed by atoms with Gasteiger partial charge in [-0.05, 0) is 39.5 Å².